The van der Waals surface area contributed by atoms with E-state index in [0.717, 1.165) is 23.4 Å². The average molecular weight is 188 g/mol. The van der Waals surface area contributed by atoms with Crippen LogP contribution < -0.4 is 5.73 Å². The Labute approximate surface area is 82.4 Å². The first-order valence-corrected chi connectivity index (χ1v) is 4.56. The van der Waals surface area contributed by atoms with Crippen LogP contribution in [0, 0.1) is 0 Å². The van der Waals surface area contributed by atoms with Gasteiger partial charge >= 0.3 is 0 Å². The number of benzene rings is 1. The highest BCUT2D eigenvalue weighted by atomic mass is 15.4. The molecule has 4 heteroatoms. The van der Waals surface area contributed by atoms with Gasteiger partial charge in [-0.15, -0.1) is 5.10 Å². The molecule has 0 saturated carbocycles. The van der Waals surface area contributed by atoms with Gasteiger partial charge in [0.05, 0.1) is 18.1 Å². The van der Waals surface area contributed by atoms with Crippen molar-refractivity contribution in [3.8, 4) is 5.69 Å². The van der Waals surface area contributed by atoms with Gasteiger partial charge in [-0.1, -0.05) is 18.2 Å². The number of hydrogen-bond acceptors (Lipinski definition) is 3. The van der Waals surface area contributed by atoms with Crippen molar-refractivity contribution in [3.05, 3.63) is 36.2 Å². The van der Waals surface area contributed by atoms with E-state index in [1.807, 2.05) is 18.2 Å². The van der Waals surface area contributed by atoms with Gasteiger partial charge in [-0.25, -0.2) is 4.68 Å². The molecule has 0 aliphatic rings. The van der Waals surface area contributed by atoms with E-state index in [4.69, 9.17) is 5.73 Å². The van der Waals surface area contributed by atoms with Gasteiger partial charge in [-0.05, 0) is 24.1 Å². The predicted octanol–water partition coefficient (Wildman–Crippen LogP) is 1.41. The van der Waals surface area contributed by atoms with Gasteiger partial charge in [-0.3, -0.25) is 0 Å². The summed E-state index contributed by atoms with van der Waals surface area (Å²) in [5, 5.41) is 7.64. The molecule has 0 spiro atoms. The lowest BCUT2D eigenvalue weighted by Gasteiger charge is -2.05. The molecule has 2 rings (SSSR count). The first-order valence-electron chi connectivity index (χ1n) is 4.56. The standard InChI is InChI=1S/C10H12N4/c1-2-8-3-4-9(7-10(8)11)14-6-5-12-13-14/h3-7H,2,11H2,1H3. The van der Waals surface area contributed by atoms with Gasteiger partial charge < -0.3 is 5.73 Å². The van der Waals surface area contributed by atoms with Gasteiger partial charge in [0.25, 0.3) is 0 Å². The number of nitrogens with two attached hydrogens (primary N) is 1. The van der Waals surface area contributed by atoms with Gasteiger partial charge in [-0.2, -0.15) is 0 Å². The van der Waals surface area contributed by atoms with Crippen LogP contribution in [0.4, 0.5) is 5.69 Å². The molecule has 0 bridgehead atoms. The van der Waals surface area contributed by atoms with Crippen LogP contribution in [0.2, 0.25) is 0 Å². The highest BCUT2D eigenvalue weighted by Crippen LogP contribution is 2.16. The minimum atomic E-state index is 0.806. The van der Waals surface area contributed by atoms with Crippen LogP contribution in [-0.4, -0.2) is 15.0 Å². The van der Waals surface area contributed by atoms with Crippen molar-refractivity contribution in [3.63, 3.8) is 0 Å². The molecule has 0 aliphatic heterocycles. The molecule has 0 unspecified atom stereocenters. The third-order valence-corrected chi connectivity index (χ3v) is 2.20. The van der Waals surface area contributed by atoms with Crippen LogP contribution in [0.15, 0.2) is 30.6 Å². The Hall–Kier alpha value is -1.84. The third-order valence-electron chi connectivity index (χ3n) is 2.20. The molecule has 0 saturated heterocycles. The maximum Gasteiger partial charge on any atom is 0.0697 e. The van der Waals surface area contributed by atoms with Crippen LogP contribution in [-0.2, 0) is 6.42 Å². The summed E-state index contributed by atoms with van der Waals surface area (Å²) in [4.78, 5) is 0. The third kappa shape index (κ3) is 1.46. The molecule has 2 aromatic rings. The molecule has 1 aromatic heterocycles. The van der Waals surface area contributed by atoms with Crippen molar-refractivity contribution in [2.24, 2.45) is 0 Å². The molecular weight excluding hydrogens is 176 g/mol. The summed E-state index contributed by atoms with van der Waals surface area (Å²) < 4.78 is 1.69. The van der Waals surface area contributed by atoms with E-state index in [1.165, 1.54) is 0 Å². The molecule has 72 valence electrons. The highest BCUT2D eigenvalue weighted by Gasteiger charge is 2.00. The molecule has 0 amide bonds. The largest absolute Gasteiger partial charge is 0.398 e. The molecule has 14 heavy (non-hydrogen) atoms. The monoisotopic (exact) mass is 188 g/mol. The second-order valence-electron chi connectivity index (χ2n) is 3.08. The van der Waals surface area contributed by atoms with Crippen LogP contribution in [0.5, 0.6) is 0 Å². The molecule has 1 aromatic carbocycles. The van der Waals surface area contributed by atoms with Crippen LogP contribution >= 0.6 is 0 Å². The van der Waals surface area contributed by atoms with E-state index in [-0.39, 0.29) is 0 Å². The Bertz CT molecular complexity index is 420. The number of hydrogen-bond donors (Lipinski definition) is 1. The molecular formula is C10H12N4. The van der Waals surface area contributed by atoms with E-state index in [1.54, 1.807) is 17.1 Å². The van der Waals surface area contributed by atoms with E-state index in [2.05, 4.69) is 17.2 Å². The Morgan fingerprint density at radius 2 is 2.29 bits per heavy atom. The van der Waals surface area contributed by atoms with Gasteiger partial charge in [0, 0.05) is 5.69 Å². The second kappa shape index (κ2) is 3.49. The summed E-state index contributed by atoms with van der Waals surface area (Å²) in [6.07, 6.45) is 4.38. The zero-order valence-electron chi connectivity index (χ0n) is 8.01. The van der Waals surface area contributed by atoms with Gasteiger partial charge in [0.15, 0.2) is 0 Å². The fraction of sp³-hybridized carbons (Fsp3) is 0.200. The SMILES string of the molecule is CCc1ccc(-n2ccnn2)cc1N. The van der Waals surface area contributed by atoms with Crippen molar-refractivity contribution in [2.75, 3.05) is 5.73 Å². The molecule has 0 aliphatic carbocycles. The summed E-state index contributed by atoms with van der Waals surface area (Å²) in [7, 11) is 0. The van der Waals surface area contributed by atoms with Crippen LogP contribution in [0.25, 0.3) is 5.69 Å². The quantitative estimate of drug-likeness (QED) is 0.725. The summed E-state index contributed by atoms with van der Waals surface area (Å²) in [6, 6.07) is 5.92. The number of rotatable bonds is 2. The zero-order chi connectivity index (χ0) is 9.97. The molecule has 2 N–H and O–H groups in total. The Morgan fingerprint density at radius 3 is 2.86 bits per heavy atom. The molecule has 1 heterocycles. The smallest absolute Gasteiger partial charge is 0.0697 e. The topological polar surface area (TPSA) is 56.7 Å². The summed E-state index contributed by atoms with van der Waals surface area (Å²) in [5.74, 6) is 0. The van der Waals surface area contributed by atoms with Gasteiger partial charge in [0.1, 0.15) is 0 Å². The molecule has 0 fully saturated rings. The molecule has 0 radical (unpaired) electrons. The van der Waals surface area contributed by atoms with Crippen molar-refractivity contribution < 1.29 is 0 Å². The number of aryl methyl sites for hydroxylation is 1. The summed E-state index contributed by atoms with van der Waals surface area (Å²) >= 11 is 0. The number of nitrogen functional groups attached to an aromatic ring is 1. The van der Waals surface area contributed by atoms with Crippen LogP contribution in [0.3, 0.4) is 0 Å². The van der Waals surface area contributed by atoms with Crippen molar-refractivity contribution in [1.82, 2.24) is 15.0 Å². The Kier molecular flexibility index (Phi) is 2.18. The first-order chi connectivity index (χ1) is 6.81. The van der Waals surface area contributed by atoms with E-state index in [0.29, 0.717) is 0 Å². The van der Waals surface area contributed by atoms with E-state index < -0.39 is 0 Å². The second-order valence-corrected chi connectivity index (χ2v) is 3.08. The van der Waals surface area contributed by atoms with Gasteiger partial charge in [0.2, 0.25) is 0 Å². The lowest BCUT2D eigenvalue weighted by molar-refractivity contribution is 0.803. The van der Waals surface area contributed by atoms with Crippen LogP contribution in [0.1, 0.15) is 12.5 Å². The fourth-order valence-electron chi connectivity index (χ4n) is 1.39. The lowest BCUT2D eigenvalue weighted by atomic mass is 10.1. The van der Waals surface area contributed by atoms with Crippen molar-refractivity contribution in [2.45, 2.75) is 13.3 Å². The van der Waals surface area contributed by atoms with E-state index in [9.17, 15) is 0 Å². The Balaban J connectivity index is 2.43. The molecule has 4 nitrogen and oxygen atoms in total. The number of aromatic nitrogens is 3. The highest BCUT2D eigenvalue weighted by molar-refractivity contribution is 5.53. The minimum absolute atomic E-state index is 0.806. The van der Waals surface area contributed by atoms with E-state index >= 15 is 0 Å². The number of nitrogens with zero attached hydrogens (tertiary/aromatic N) is 3. The van der Waals surface area contributed by atoms with Crippen molar-refractivity contribution in [1.29, 1.82) is 0 Å². The summed E-state index contributed by atoms with van der Waals surface area (Å²) in [5.41, 5.74) is 8.79. The molecule has 0 atom stereocenters. The maximum absolute atomic E-state index is 5.88. The summed E-state index contributed by atoms with van der Waals surface area (Å²) in [6.45, 7) is 2.08. The minimum Gasteiger partial charge on any atom is -0.398 e. The number of anilines is 1. The fourth-order valence-corrected chi connectivity index (χ4v) is 1.39. The average Bonchev–Trinajstić information content (AvgIpc) is 2.70. The lowest BCUT2D eigenvalue weighted by Crippen LogP contribution is -1.99. The maximum atomic E-state index is 5.88. The predicted molar refractivity (Wildman–Crippen MR) is 55.1 cm³/mol. The zero-order valence-corrected chi connectivity index (χ0v) is 8.01. The first kappa shape index (κ1) is 8.74. The van der Waals surface area contributed by atoms with Crippen molar-refractivity contribution >= 4 is 5.69 Å². The normalized spacial score (nSPS) is 10.4. The Morgan fingerprint density at radius 1 is 1.43 bits per heavy atom.